The van der Waals surface area contributed by atoms with E-state index in [1.807, 2.05) is 0 Å². The van der Waals surface area contributed by atoms with Gasteiger partial charge in [0.25, 0.3) is 0 Å². The van der Waals surface area contributed by atoms with E-state index in [0.717, 1.165) is 18.9 Å². The van der Waals surface area contributed by atoms with E-state index in [4.69, 9.17) is 0 Å². The third kappa shape index (κ3) is 6.09. The Bertz CT molecular complexity index is 345. The van der Waals surface area contributed by atoms with Crippen LogP contribution in [0, 0.1) is 5.92 Å². The van der Waals surface area contributed by atoms with Crippen LogP contribution < -0.4 is 5.32 Å². The summed E-state index contributed by atoms with van der Waals surface area (Å²) < 4.78 is 1.18. The largest absolute Gasteiger partial charge is 0.314 e. The van der Waals surface area contributed by atoms with Crippen LogP contribution in [0.4, 0.5) is 0 Å². The standard InChI is InChI=1S/C17H28BrN/c1-4-8-15(9-5-2)17(19-6-3)13-14-10-7-11-16(18)12-14/h7,10-12,15,17,19H,4-6,8-9,13H2,1-3H3. The van der Waals surface area contributed by atoms with Crippen molar-refractivity contribution in [1.82, 2.24) is 5.32 Å². The van der Waals surface area contributed by atoms with E-state index in [1.54, 1.807) is 0 Å². The van der Waals surface area contributed by atoms with E-state index in [0.29, 0.717) is 6.04 Å². The predicted molar refractivity (Wildman–Crippen MR) is 88.6 cm³/mol. The van der Waals surface area contributed by atoms with Gasteiger partial charge in [-0.2, -0.15) is 0 Å². The minimum absolute atomic E-state index is 0.610. The summed E-state index contributed by atoms with van der Waals surface area (Å²) in [5.41, 5.74) is 1.43. The Labute approximate surface area is 127 Å². The van der Waals surface area contributed by atoms with Gasteiger partial charge in [0.1, 0.15) is 0 Å². The Kier molecular flexibility index (Phi) is 8.40. The lowest BCUT2D eigenvalue weighted by Crippen LogP contribution is -2.38. The first kappa shape index (κ1) is 16.7. The first-order valence-corrected chi connectivity index (χ1v) is 8.48. The van der Waals surface area contributed by atoms with Crippen molar-refractivity contribution < 1.29 is 0 Å². The molecule has 0 saturated carbocycles. The Balaban J connectivity index is 2.74. The summed E-state index contributed by atoms with van der Waals surface area (Å²) in [6.07, 6.45) is 6.37. The smallest absolute Gasteiger partial charge is 0.0178 e. The average Bonchev–Trinajstić information content (AvgIpc) is 2.38. The molecule has 0 aliphatic heterocycles. The normalized spacial score (nSPS) is 12.9. The average molecular weight is 326 g/mol. The van der Waals surface area contributed by atoms with Crippen LogP contribution in [0.1, 0.15) is 52.0 Å². The molecule has 0 bridgehead atoms. The molecule has 0 fully saturated rings. The van der Waals surface area contributed by atoms with Gasteiger partial charge >= 0.3 is 0 Å². The molecule has 108 valence electrons. The summed E-state index contributed by atoms with van der Waals surface area (Å²) in [7, 11) is 0. The molecule has 1 N–H and O–H groups in total. The number of likely N-dealkylation sites (N-methyl/N-ethyl adjacent to an activating group) is 1. The second-order valence-electron chi connectivity index (χ2n) is 5.34. The summed E-state index contributed by atoms with van der Waals surface area (Å²) >= 11 is 3.57. The van der Waals surface area contributed by atoms with Crippen molar-refractivity contribution in [3.63, 3.8) is 0 Å². The molecule has 0 aliphatic carbocycles. The highest BCUT2D eigenvalue weighted by Crippen LogP contribution is 2.22. The molecule has 0 aliphatic rings. The molecule has 1 aromatic carbocycles. The van der Waals surface area contributed by atoms with Crippen LogP contribution in [0.3, 0.4) is 0 Å². The maximum atomic E-state index is 3.70. The second-order valence-corrected chi connectivity index (χ2v) is 6.25. The zero-order valence-corrected chi connectivity index (χ0v) is 14.2. The lowest BCUT2D eigenvalue weighted by Gasteiger charge is -2.28. The summed E-state index contributed by atoms with van der Waals surface area (Å²) in [6, 6.07) is 9.33. The van der Waals surface area contributed by atoms with Crippen LogP contribution in [0.2, 0.25) is 0 Å². The SMILES string of the molecule is CCCC(CCC)C(Cc1cccc(Br)c1)NCC. The molecule has 1 nitrogen and oxygen atoms in total. The highest BCUT2D eigenvalue weighted by atomic mass is 79.9. The van der Waals surface area contributed by atoms with Crippen LogP contribution in [0.5, 0.6) is 0 Å². The molecule has 19 heavy (non-hydrogen) atoms. The third-order valence-corrected chi connectivity index (χ3v) is 4.19. The molecule has 0 amide bonds. The number of hydrogen-bond acceptors (Lipinski definition) is 1. The molecular formula is C17H28BrN. The van der Waals surface area contributed by atoms with Gasteiger partial charge in [-0.05, 0) is 49.4 Å². The summed E-state index contributed by atoms with van der Waals surface area (Å²) in [5, 5.41) is 3.70. The fraction of sp³-hybridized carbons (Fsp3) is 0.647. The molecule has 1 aromatic rings. The quantitative estimate of drug-likeness (QED) is 0.659. The van der Waals surface area contributed by atoms with Crippen LogP contribution >= 0.6 is 15.9 Å². The molecule has 2 heteroatoms. The van der Waals surface area contributed by atoms with E-state index in [9.17, 15) is 0 Å². The van der Waals surface area contributed by atoms with Crippen LogP contribution in [0.25, 0.3) is 0 Å². The molecule has 0 aromatic heterocycles. The minimum atomic E-state index is 0.610. The van der Waals surface area contributed by atoms with Gasteiger partial charge in [-0.3, -0.25) is 0 Å². The molecule has 1 rings (SSSR count). The van der Waals surface area contributed by atoms with Crippen molar-refractivity contribution in [1.29, 1.82) is 0 Å². The maximum absolute atomic E-state index is 3.70. The zero-order chi connectivity index (χ0) is 14.1. The van der Waals surface area contributed by atoms with Crippen LogP contribution in [0.15, 0.2) is 28.7 Å². The van der Waals surface area contributed by atoms with Crippen molar-refractivity contribution in [3.05, 3.63) is 34.3 Å². The highest BCUT2D eigenvalue weighted by Gasteiger charge is 2.19. The topological polar surface area (TPSA) is 12.0 Å². The van der Waals surface area contributed by atoms with E-state index in [-0.39, 0.29) is 0 Å². The van der Waals surface area contributed by atoms with Gasteiger partial charge in [0.2, 0.25) is 0 Å². The molecule has 0 radical (unpaired) electrons. The monoisotopic (exact) mass is 325 g/mol. The second kappa shape index (κ2) is 9.55. The lowest BCUT2D eigenvalue weighted by atomic mass is 9.86. The molecular weight excluding hydrogens is 298 g/mol. The molecule has 0 spiro atoms. The van der Waals surface area contributed by atoms with Crippen molar-refractivity contribution in [3.8, 4) is 0 Å². The zero-order valence-electron chi connectivity index (χ0n) is 12.6. The fourth-order valence-electron chi connectivity index (χ4n) is 2.87. The summed E-state index contributed by atoms with van der Waals surface area (Å²) in [5.74, 6) is 0.800. The number of halogens is 1. The van der Waals surface area contributed by atoms with E-state index in [1.165, 1.54) is 35.7 Å². The van der Waals surface area contributed by atoms with E-state index < -0.39 is 0 Å². The number of nitrogens with one attached hydrogen (secondary N) is 1. The van der Waals surface area contributed by atoms with Crippen molar-refractivity contribution in [2.45, 2.75) is 58.9 Å². The van der Waals surface area contributed by atoms with Crippen LogP contribution in [-0.4, -0.2) is 12.6 Å². The van der Waals surface area contributed by atoms with Gasteiger partial charge in [-0.1, -0.05) is 61.7 Å². The molecule has 0 heterocycles. The Morgan fingerprint density at radius 1 is 1.11 bits per heavy atom. The molecule has 1 atom stereocenters. The van der Waals surface area contributed by atoms with Gasteiger partial charge in [-0.25, -0.2) is 0 Å². The lowest BCUT2D eigenvalue weighted by molar-refractivity contribution is 0.312. The minimum Gasteiger partial charge on any atom is -0.314 e. The first-order valence-electron chi connectivity index (χ1n) is 7.69. The summed E-state index contributed by atoms with van der Waals surface area (Å²) in [6.45, 7) is 7.86. The van der Waals surface area contributed by atoms with E-state index in [2.05, 4.69) is 66.3 Å². The molecule has 0 saturated heterocycles. The van der Waals surface area contributed by atoms with E-state index >= 15 is 0 Å². The van der Waals surface area contributed by atoms with Crippen molar-refractivity contribution >= 4 is 15.9 Å². The number of benzene rings is 1. The maximum Gasteiger partial charge on any atom is 0.0178 e. The van der Waals surface area contributed by atoms with Gasteiger partial charge in [0, 0.05) is 10.5 Å². The Morgan fingerprint density at radius 3 is 2.32 bits per heavy atom. The molecule has 1 unspecified atom stereocenters. The van der Waals surface area contributed by atoms with Gasteiger partial charge in [-0.15, -0.1) is 0 Å². The van der Waals surface area contributed by atoms with Crippen molar-refractivity contribution in [2.75, 3.05) is 6.54 Å². The Morgan fingerprint density at radius 2 is 1.79 bits per heavy atom. The summed E-state index contributed by atoms with van der Waals surface area (Å²) in [4.78, 5) is 0. The number of rotatable bonds is 9. The first-order chi connectivity index (χ1) is 9.21. The van der Waals surface area contributed by atoms with Gasteiger partial charge in [0.05, 0.1) is 0 Å². The number of hydrogen-bond donors (Lipinski definition) is 1. The van der Waals surface area contributed by atoms with Gasteiger partial charge < -0.3 is 5.32 Å². The van der Waals surface area contributed by atoms with Gasteiger partial charge in [0.15, 0.2) is 0 Å². The Hall–Kier alpha value is -0.340. The predicted octanol–water partition coefficient (Wildman–Crippen LogP) is 5.19. The third-order valence-electron chi connectivity index (χ3n) is 3.70. The van der Waals surface area contributed by atoms with Crippen LogP contribution in [-0.2, 0) is 6.42 Å². The van der Waals surface area contributed by atoms with Crippen molar-refractivity contribution in [2.24, 2.45) is 5.92 Å². The highest BCUT2D eigenvalue weighted by molar-refractivity contribution is 9.10. The fourth-order valence-corrected chi connectivity index (χ4v) is 3.32.